The lowest BCUT2D eigenvalue weighted by atomic mass is 9.97. The fourth-order valence-corrected chi connectivity index (χ4v) is 1.92. The molecule has 19 heavy (non-hydrogen) atoms. The molecule has 0 aliphatic rings. The lowest BCUT2D eigenvalue weighted by molar-refractivity contribution is 0.327. The van der Waals surface area contributed by atoms with E-state index in [9.17, 15) is 0 Å². The van der Waals surface area contributed by atoms with Crippen molar-refractivity contribution < 1.29 is 4.74 Å². The first-order valence-corrected chi connectivity index (χ1v) is 6.37. The Bertz CT molecular complexity index is 588. The summed E-state index contributed by atoms with van der Waals surface area (Å²) in [4.78, 5) is 4.20. The van der Waals surface area contributed by atoms with Crippen molar-refractivity contribution in [3.8, 4) is 5.88 Å². The Balaban J connectivity index is 2.30. The fourth-order valence-electron chi connectivity index (χ4n) is 1.92. The molecule has 2 rings (SSSR count). The number of ether oxygens (including phenoxy) is 1. The van der Waals surface area contributed by atoms with Crippen molar-refractivity contribution in [3.63, 3.8) is 0 Å². The third kappa shape index (κ3) is 2.99. The van der Waals surface area contributed by atoms with E-state index in [0.717, 1.165) is 22.3 Å². The van der Waals surface area contributed by atoms with Crippen molar-refractivity contribution in [1.29, 1.82) is 5.41 Å². The van der Waals surface area contributed by atoms with Crippen molar-refractivity contribution in [1.82, 2.24) is 4.98 Å². The van der Waals surface area contributed by atoms with Gasteiger partial charge in [0.05, 0.1) is 12.3 Å². The molecule has 0 unspecified atom stereocenters. The highest BCUT2D eigenvalue weighted by atomic mass is 16.5. The van der Waals surface area contributed by atoms with Gasteiger partial charge in [-0.2, -0.15) is 0 Å². The van der Waals surface area contributed by atoms with Gasteiger partial charge in [0.25, 0.3) is 0 Å². The van der Waals surface area contributed by atoms with Crippen LogP contribution in [0.1, 0.15) is 29.2 Å². The molecule has 3 nitrogen and oxygen atoms in total. The van der Waals surface area contributed by atoms with Gasteiger partial charge in [-0.25, -0.2) is 4.98 Å². The van der Waals surface area contributed by atoms with E-state index < -0.39 is 0 Å². The van der Waals surface area contributed by atoms with Crippen molar-refractivity contribution in [2.75, 3.05) is 6.61 Å². The number of aromatic nitrogens is 1. The first-order chi connectivity index (χ1) is 9.11. The highest BCUT2D eigenvalue weighted by Crippen LogP contribution is 2.16. The first-order valence-electron chi connectivity index (χ1n) is 6.37. The number of hydrogen-bond donors (Lipinski definition) is 1. The van der Waals surface area contributed by atoms with E-state index in [1.807, 2.05) is 39.0 Å². The summed E-state index contributed by atoms with van der Waals surface area (Å²) >= 11 is 0. The summed E-state index contributed by atoms with van der Waals surface area (Å²) < 4.78 is 5.31. The molecular formula is C16H18N2O. The molecule has 0 aliphatic carbocycles. The minimum atomic E-state index is 0.497. The number of rotatable bonds is 4. The van der Waals surface area contributed by atoms with Crippen LogP contribution in [0.2, 0.25) is 0 Å². The van der Waals surface area contributed by atoms with Crippen molar-refractivity contribution in [2.45, 2.75) is 20.8 Å². The van der Waals surface area contributed by atoms with Gasteiger partial charge in [0.15, 0.2) is 0 Å². The average molecular weight is 254 g/mol. The maximum atomic E-state index is 8.30. The topological polar surface area (TPSA) is 46.0 Å². The van der Waals surface area contributed by atoms with Gasteiger partial charge in [-0.05, 0) is 38.5 Å². The molecule has 1 heterocycles. The smallest absolute Gasteiger partial charge is 0.213 e. The largest absolute Gasteiger partial charge is 0.478 e. The maximum absolute atomic E-state index is 8.30. The van der Waals surface area contributed by atoms with Crippen LogP contribution in [0.25, 0.3) is 0 Å². The molecule has 0 atom stereocenters. The van der Waals surface area contributed by atoms with Gasteiger partial charge in [0, 0.05) is 23.4 Å². The maximum Gasteiger partial charge on any atom is 0.213 e. The second kappa shape index (κ2) is 5.65. The zero-order chi connectivity index (χ0) is 13.8. The number of pyridine rings is 1. The summed E-state index contributed by atoms with van der Waals surface area (Å²) in [5.41, 5.74) is 4.51. The summed E-state index contributed by atoms with van der Waals surface area (Å²) in [6.45, 7) is 6.58. The summed E-state index contributed by atoms with van der Waals surface area (Å²) in [6, 6.07) is 9.82. The van der Waals surface area contributed by atoms with E-state index in [-0.39, 0.29) is 0 Å². The molecule has 0 radical (unpaired) electrons. The lowest BCUT2D eigenvalue weighted by Gasteiger charge is -2.09. The van der Waals surface area contributed by atoms with Crippen LogP contribution in [0.15, 0.2) is 36.5 Å². The van der Waals surface area contributed by atoms with E-state index in [0.29, 0.717) is 18.2 Å². The quantitative estimate of drug-likeness (QED) is 0.849. The molecule has 0 spiro atoms. The number of aryl methyl sites for hydroxylation is 2. The minimum Gasteiger partial charge on any atom is -0.478 e. The van der Waals surface area contributed by atoms with Crippen LogP contribution < -0.4 is 4.74 Å². The van der Waals surface area contributed by atoms with Gasteiger partial charge in [-0.15, -0.1) is 0 Å². The highest BCUT2D eigenvalue weighted by Gasteiger charge is 2.08. The van der Waals surface area contributed by atoms with Gasteiger partial charge in [0.1, 0.15) is 0 Å². The summed E-state index contributed by atoms with van der Waals surface area (Å²) in [5, 5.41) is 8.30. The van der Waals surface area contributed by atoms with Crippen molar-refractivity contribution in [3.05, 3.63) is 58.8 Å². The molecule has 2 aromatic rings. The second-order valence-electron chi connectivity index (χ2n) is 4.51. The van der Waals surface area contributed by atoms with Crippen LogP contribution in [0.5, 0.6) is 5.88 Å². The van der Waals surface area contributed by atoms with E-state index in [1.54, 1.807) is 12.3 Å². The Labute approximate surface area is 113 Å². The van der Waals surface area contributed by atoms with Crippen molar-refractivity contribution in [2.24, 2.45) is 0 Å². The molecule has 0 amide bonds. The molecule has 0 fully saturated rings. The molecule has 1 N–H and O–H groups in total. The van der Waals surface area contributed by atoms with E-state index in [4.69, 9.17) is 10.1 Å². The van der Waals surface area contributed by atoms with Gasteiger partial charge in [-0.1, -0.05) is 17.7 Å². The number of nitrogens with one attached hydrogen (secondary N) is 1. The van der Waals surface area contributed by atoms with Crippen molar-refractivity contribution >= 4 is 5.71 Å². The predicted octanol–water partition coefficient (Wildman–Crippen LogP) is 3.51. The average Bonchev–Trinajstić information content (AvgIpc) is 2.42. The zero-order valence-electron chi connectivity index (χ0n) is 11.5. The van der Waals surface area contributed by atoms with Crippen LogP contribution in [0, 0.1) is 19.3 Å². The fraction of sp³-hybridized carbons (Fsp3) is 0.250. The SMILES string of the molecule is CCOc1ccc(C(=N)c2cc(C)ccc2C)cn1. The molecule has 1 aromatic heterocycles. The van der Waals surface area contributed by atoms with Crippen LogP contribution in [-0.4, -0.2) is 17.3 Å². The Kier molecular flexibility index (Phi) is 3.95. The molecule has 3 heteroatoms. The highest BCUT2D eigenvalue weighted by molar-refractivity contribution is 6.11. The lowest BCUT2D eigenvalue weighted by Crippen LogP contribution is -2.05. The Morgan fingerprint density at radius 3 is 2.63 bits per heavy atom. The van der Waals surface area contributed by atoms with Crippen LogP contribution in [0.3, 0.4) is 0 Å². The Morgan fingerprint density at radius 2 is 2.00 bits per heavy atom. The standard InChI is InChI=1S/C16H18N2O/c1-4-19-15-8-7-13(10-18-15)16(17)14-9-11(2)5-6-12(14)3/h5-10,17H,4H2,1-3H3. The number of hydrogen-bond acceptors (Lipinski definition) is 3. The first kappa shape index (κ1) is 13.3. The Morgan fingerprint density at radius 1 is 1.21 bits per heavy atom. The van der Waals surface area contributed by atoms with Gasteiger partial charge >= 0.3 is 0 Å². The van der Waals surface area contributed by atoms with Crippen LogP contribution in [0.4, 0.5) is 0 Å². The normalized spacial score (nSPS) is 10.3. The second-order valence-corrected chi connectivity index (χ2v) is 4.51. The molecule has 0 aliphatic heterocycles. The Hall–Kier alpha value is -2.16. The summed E-state index contributed by atoms with van der Waals surface area (Å²) in [5.74, 6) is 0.597. The van der Waals surface area contributed by atoms with Crippen LogP contribution in [-0.2, 0) is 0 Å². The molecule has 98 valence electrons. The number of benzene rings is 1. The van der Waals surface area contributed by atoms with Gasteiger partial charge in [0.2, 0.25) is 5.88 Å². The number of nitrogens with zero attached hydrogens (tertiary/aromatic N) is 1. The molecule has 1 aromatic carbocycles. The van der Waals surface area contributed by atoms with E-state index >= 15 is 0 Å². The molecule has 0 bridgehead atoms. The summed E-state index contributed by atoms with van der Waals surface area (Å²) in [7, 11) is 0. The third-order valence-corrected chi connectivity index (χ3v) is 2.98. The minimum absolute atomic E-state index is 0.497. The van der Waals surface area contributed by atoms with Gasteiger partial charge < -0.3 is 4.74 Å². The monoisotopic (exact) mass is 254 g/mol. The van der Waals surface area contributed by atoms with E-state index in [1.165, 1.54) is 0 Å². The van der Waals surface area contributed by atoms with Crippen LogP contribution >= 0.6 is 0 Å². The molecule has 0 saturated carbocycles. The van der Waals surface area contributed by atoms with E-state index in [2.05, 4.69) is 11.1 Å². The van der Waals surface area contributed by atoms with Gasteiger partial charge in [-0.3, -0.25) is 5.41 Å². The predicted molar refractivity (Wildman–Crippen MR) is 77.3 cm³/mol. The molecular weight excluding hydrogens is 236 g/mol. The molecule has 0 saturated heterocycles. The zero-order valence-corrected chi connectivity index (χ0v) is 11.5. The third-order valence-electron chi connectivity index (χ3n) is 2.98. The summed E-state index contributed by atoms with van der Waals surface area (Å²) in [6.07, 6.45) is 1.69.